The summed E-state index contributed by atoms with van der Waals surface area (Å²) in [5.41, 5.74) is 8.40. The van der Waals surface area contributed by atoms with Crippen LogP contribution in [0.15, 0.2) is 0 Å². The van der Waals surface area contributed by atoms with Crippen LogP contribution in [0.3, 0.4) is 0 Å². The molecule has 0 bridgehead atoms. The zero-order chi connectivity index (χ0) is 13.3. The maximum atomic E-state index is 6.27. The maximum absolute atomic E-state index is 6.27. The minimum atomic E-state index is -0.0488. The van der Waals surface area contributed by atoms with Gasteiger partial charge in [0.05, 0.1) is 21.3 Å². The molecule has 2 heterocycles. The van der Waals surface area contributed by atoms with E-state index in [1.165, 1.54) is 16.4 Å². The van der Waals surface area contributed by atoms with Crippen LogP contribution in [-0.2, 0) is 6.42 Å². The molecule has 1 unspecified atom stereocenters. The molecule has 0 aromatic carbocycles. The maximum Gasteiger partial charge on any atom is 0.0950 e. The SMILES string of the molecule is Cc1nc(CC(N)c2snnc2C(C)C)sc1C. The van der Waals surface area contributed by atoms with Crippen molar-refractivity contribution in [3.8, 4) is 0 Å². The van der Waals surface area contributed by atoms with Gasteiger partial charge >= 0.3 is 0 Å². The Morgan fingerprint density at radius 3 is 2.56 bits per heavy atom. The largest absolute Gasteiger partial charge is 0.323 e. The molecule has 2 aromatic heterocycles. The van der Waals surface area contributed by atoms with E-state index in [0.717, 1.165) is 27.7 Å². The Kier molecular flexibility index (Phi) is 4.09. The summed E-state index contributed by atoms with van der Waals surface area (Å²) in [7, 11) is 0. The fourth-order valence-corrected chi connectivity index (χ4v) is 3.57. The van der Waals surface area contributed by atoms with Crippen LogP contribution in [0.2, 0.25) is 0 Å². The predicted octanol–water partition coefficient (Wildman–Crippen LogP) is 2.98. The summed E-state index contributed by atoms with van der Waals surface area (Å²) in [6.45, 7) is 8.36. The molecule has 2 N–H and O–H groups in total. The minimum Gasteiger partial charge on any atom is -0.323 e. The second kappa shape index (κ2) is 5.42. The third-order valence-electron chi connectivity index (χ3n) is 2.89. The molecule has 0 aliphatic heterocycles. The molecule has 1 atom stereocenters. The highest BCUT2D eigenvalue weighted by atomic mass is 32.1. The van der Waals surface area contributed by atoms with E-state index in [-0.39, 0.29) is 6.04 Å². The highest BCUT2D eigenvalue weighted by Gasteiger charge is 2.19. The fraction of sp³-hybridized carbons (Fsp3) is 0.583. The molecule has 6 heteroatoms. The number of hydrogen-bond donors (Lipinski definition) is 1. The van der Waals surface area contributed by atoms with E-state index in [4.69, 9.17) is 5.73 Å². The molecule has 0 aliphatic carbocycles. The van der Waals surface area contributed by atoms with Crippen LogP contribution in [0, 0.1) is 13.8 Å². The molecule has 0 amide bonds. The van der Waals surface area contributed by atoms with Crippen molar-refractivity contribution in [3.05, 3.63) is 26.1 Å². The molecular formula is C12H18N4S2. The Balaban J connectivity index is 2.16. The molecule has 0 spiro atoms. The molecule has 0 saturated carbocycles. The third kappa shape index (κ3) is 2.76. The van der Waals surface area contributed by atoms with Gasteiger partial charge in [-0.2, -0.15) is 0 Å². The molecule has 0 aliphatic rings. The quantitative estimate of drug-likeness (QED) is 0.936. The number of aromatic nitrogens is 3. The first kappa shape index (κ1) is 13.6. The topological polar surface area (TPSA) is 64.7 Å². The highest BCUT2D eigenvalue weighted by Crippen LogP contribution is 2.28. The molecule has 18 heavy (non-hydrogen) atoms. The van der Waals surface area contributed by atoms with E-state index in [9.17, 15) is 0 Å². The lowest BCUT2D eigenvalue weighted by molar-refractivity contribution is 0.697. The number of hydrogen-bond acceptors (Lipinski definition) is 6. The van der Waals surface area contributed by atoms with Gasteiger partial charge in [0.25, 0.3) is 0 Å². The second-order valence-electron chi connectivity index (χ2n) is 4.74. The lowest BCUT2D eigenvalue weighted by Crippen LogP contribution is -2.14. The van der Waals surface area contributed by atoms with E-state index in [1.54, 1.807) is 11.3 Å². The predicted molar refractivity (Wildman–Crippen MR) is 76.2 cm³/mol. The summed E-state index contributed by atoms with van der Waals surface area (Å²) in [5, 5.41) is 5.27. The second-order valence-corrected chi connectivity index (χ2v) is 6.81. The van der Waals surface area contributed by atoms with Crippen molar-refractivity contribution >= 4 is 22.9 Å². The Morgan fingerprint density at radius 2 is 2.00 bits per heavy atom. The van der Waals surface area contributed by atoms with Gasteiger partial charge in [0, 0.05) is 17.3 Å². The zero-order valence-electron chi connectivity index (χ0n) is 11.1. The number of nitrogens with zero attached hydrogens (tertiary/aromatic N) is 3. The molecule has 0 radical (unpaired) electrons. The summed E-state index contributed by atoms with van der Waals surface area (Å²) >= 11 is 3.13. The van der Waals surface area contributed by atoms with Crippen molar-refractivity contribution in [2.75, 3.05) is 0 Å². The van der Waals surface area contributed by atoms with Crippen molar-refractivity contribution in [2.45, 2.75) is 46.1 Å². The minimum absolute atomic E-state index is 0.0488. The number of aryl methyl sites for hydroxylation is 2. The van der Waals surface area contributed by atoms with Gasteiger partial charge in [0.15, 0.2) is 0 Å². The molecule has 98 valence electrons. The van der Waals surface area contributed by atoms with Crippen LogP contribution >= 0.6 is 22.9 Å². The molecular weight excluding hydrogens is 264 g/mol. The Labute approximate surface area is 115 Å². The number of nitrogens with two attached hydrogens (primary N) is 1. The van der Waals surface area contributed by atoms with Gasteiger partial charge < -0.3 is 5.73 Å². The van der Waals surface area contributed by atoms with Gasteiger partial charge in [-0.15, -0.1) is 16.4 Å². The van der Waals surface area contributed by atoms with Gasteiger partial charge in [0.1, 0.15) is 0 Å². The van der Waals surface area contributed by atoms with Gasteiger partial charge in [-0.05, 0) is 31.3 Å². The summed E-state index contributed by atoms with van der Waals surface area (Å²) in [5.74, 6) is 0.365. The van der Waals surface area contributed by atoms with E-state index >= 15 is 0 Å². The number of rotatable bonds is 4. The third-order valence-corrected chi connectivity index (χ3v) is 4.86. The highest BCUT2D eigenvalue weighted by molar-refractivity contribution is 7.11. The Morgan fingerprint density at radius 1 is 1.28 bits per heavy atom. The average Bonchev–Trinajstić information content (AvgIpc) is 2.86. The molecule has 2 aromatic rings. The van der Waals surface area contributed by atoms with E-state index in [1.807, 2.05) is 6.92 Å². The summed E-state index contributed by atoms with van der Waals surface area (Å²) in [4.78, 5) is 6.90. The van der Waals surface area contributed by atoms with Gasteiger partial charge in [-0.1, -0.05) is 18.3 Å². The average molecular weight is 282 g/mol. The van der Waals surface area contributed by atoms with Crippen molar-refractivity contribution in [1.82, 2.24) is 14.6 Å². The molecule has 4 nitrogen and oxygen atoms in total. The smallest absolute Gasteiger partial charge is 0.0950 e. The fourth-order valence-electron chi connectivity index (χ4n) is 1.77. The summed E-state index contributed by atoms with van der Waals surface area (Å²) in [6, 6.07) is -0.0488. The van der Waals surface area contributed by atoms with Crippen molar-refractivity contribution in [2.24, 2.45) is 5.73 Å². The number of thiazole rings is 1. The molecule has 0 fully saturated rings. The lowest BCUT2D eigenvalue weighted by atomic mass is 10.1. The zero-order valence-corrected chi connectivity index (χ0v) is 12.7. The van der Waals surface area contributed by atoms with Crippen LogP contribution < -0.4 is 5.73 Å². The van der Waals surface area contributed by atoms with Crippen LogP contribution in [0.25, 0.3) is 0 Å². The standard InChI is InChI=1S/C12H18N4S2/c1-6(2)11-12(18-16-15-11)9(13)5-10-14-7(3)8(4)17-10/h6,9H,5,13H2,1-4H3. The van der Waals surface area contributed by atoms with E-state index in [2.05, 4.69) is 35.3 Å². The summed E-state index contributed by atoms with van der Waals surface area (Å²) in [6.07, 6.45) is 0.767. The molecule has 2 rings (SSSR count). The normalized spacial score (nSPS) is 13.2. The van der Waals surface area contributed by atoms with Crippen LogP contribution in [0.5, 0.6) is 0 Å². The van der Waals surface area contributed by atoms with Crippen LogP contribution in [-0.4, -0.2) is 14.6 Å². The lowest BCUT2D eigenvalue weighted by Gasteiger charge is -2.10. The van der Waals surface area contributed by atoms with Crippen LogP contribution in [0.1, 0.15) is 52.0 Å². The summed E-state index contributed by atoms with van der Waals surface area (Å²) < 4.78 is 4.02. The Bertz CT molecular complexity index is 510. The van der Waals surface area contributed by atoms with Crippen molar-refractivity contribution < 1.29 is 0 Å². The van der Waals surface area contributed by atoms with Gasteiger partial charge in [0.2, 0.25) is 0 Å². The first-order valence-corrected chi connectivity index (χ1v) is 7.58. The molecule has 0 saturated heterocycles. The first-order chi connectivity index (χ1) is 8.49. The Hall–Kier alpha value is -0.850. The van der Waals surface area contributed by atoms with Gasteiger partial charge in [-0.3, -0.25) is 0 Å². The van der Waals surface area contributed by atoms with Crippen molar-refractivity contribution in [1.29, 1.82) is 0 Å². The monoisotopic (exact) mass is 282 g/mol. The first-order valence-electron chi connectivity index (χ1n) is 5.99. The van der Waals surface area contributed by atoms with Crippen molar-refractivity contribution in [3.63, 3.8) is 0 Å². The van der Waals surface area contributed by atoms with Crippen LogP contribution in [0.4, 0.5) is 0 Å². The van der Waals surface area contributed by atoms with Gasteiger partial charge in [-0.25, -0.2) is 4.98 Å². The van der Waals surface area contributed by atoms with E-state index < -0.39 is 0 Å². The van der Waals surface area contributed by atoms with E-state index in [0.29, 0.717) is 5.92 Å².